The van der Waals surface area contributed by atoms with Gasteiger partial charge in [0, 0.05) is 19.8 Å². The molecule has 0 saturated heterocycles. The summed E-state index contributed by atoms with van der Waals surface area (Å²) in [5.74, 6) is -1.96. The molecule has 0 radical (unpaired) electrons. The third-order valence-electron chi connectivity index (χ3n) is 3.10. The number of amides is 2. The van der Waals surface area contributed by atoms with Crippen LogP contribution >= 0.6 is 0 Å². The molecule has 0 unspecified atom stereocenters. The molecular weight excluding hydrogens is 275 g/mol. The predicted molar refractivity (Wildman–Crippen MR) is 75.6 cm³/mol. The molecule has 1 heterocycles. The van der Waals surface area contributed by atoms with Crippen LogP contribution in [-0.4, -0.2) is 28.6 Å². The van der Waals surface area contributed by atoms with Crippen LogP contribution in [0.1, 0.15) is 27.6 Å². The summed E-state index contributed by atoms with van der Waals surface area (Å²) in [6.07, 6.45) is 2.96. The maximum absolute atomic E-state index is 14.0. The lowest BCUT2D eigenvalue weighted by molar-refractivity contribution is 0.0991. The van der Waals surface area contributed by atoms with Crippen molar-refractivity contribution in [1.82, 2.24) is 9.78 Å². The minimum Gasteiger partial charge on any atom is -0.366 e. The van der Waals surface area contributed by atoms with Crippen LogP contribution in [0.3, 0.4) is 0 Å². The molecule has 0 aliphatic rings. The number of anilines is 1. The zero-order chi connectivity index (χ0) is 15.6. The van der Waals surface area contributed by atoms with Crippen molar-refractivity contribution in [1.29, 1.82) is 0 Å². The third kappa shape index (κ3) is 2.76. The Bertz CT molecular complexity index is 696. The van der Waals surface area contributed by atoms with Crippen molar-refractivity contribution in [3.63, 3.8) is 0 Å². The molecule has 0 spiro atoms. The fourth-order valence-electron chi connectivity index (χ4n) is 2.00. The Morgan fingerprint density at radius 2 is 2.14 bits per heavy atom. The minimum atomic E-state index is -0.798. The van der Waals surface area contributed by atoms with Crippen molar-refractivity contribution in [3.8, 4) is 0 Å². The van der Waals surface area contributed by atoms with Gasteiger partial charge in [0.1, 0.15) is 5.82 Å². The van der Waals surface area contributed by atoms with Gasteiger partial charge in [-0.15, -0.1) is 0 Å². The second-order valence-electron chi connectivity index (χ2n) is 4.45. The van der Waals surface area contributed by atoms with Crippen molar-refractivity contribution in [3.05, 3.63) is 47.5 Å². The lowest BCUT2D eigenvalue weighted by Crippen LogP contribution is -2.29. The Balaban J connectivity index is 2.42. The highest BCUT2D eigenvalue weighted by Crippen LogP contribution is 2.24. The van der Waals surface area contributed by atoms with Gasteiger partial charge in [0.2, 0.25) is 0 Å². The van der Waals surface area contributed by atoms with Crippen molar-refractivity contribution < 1.29 is 14.0 Å². The Morgan fingerprint density at radius 3 is 2.71 bits per heavy atom. The summed E-state index contributed by atoms with van der Waals surface area (Å²) in [6.45, 7) is 2.50. The fraction of sp³-hybridized carbons (Fsp3) is 0.214. The van der Waals surface area contributed by atoms with Gasteiger partial charge in [-0.3, -0.25) is 14.3 Å². The summed E-state index contributed by atoms with van der Waals surface area (Å²) in [6, 6.07) is 3.91. The summed E-state index contributed by atoms with van der Waals surface area (Å²) in [5, 5.41) is 4.00. The number of aromatic nitrogens is 2. The van der Waals surface area contributed by atoms with Crippen molar-refractivity contribution in [2.24, 2.45) is 5.73 Å². The second-order valence-corrected chi connectivity index (χ2v) is 4.45. The van der Waals surface area contributed by atoms with E-state index >= 15 is 0 Å². The van der Waals surface area contributed by atoms with Crippen molar-refractivity contribution >= 4 is 17.5 Å². The minimum absolute atomic E-state index is 0.0475. The van der Waals surface area contributed by atoms with Gasteiger partial charge in [-0.1, -0.05) is 6.07 Å². The molecule has 6 nitrogen and oxygen atoms in total. The highest BCUT2D eigenvalue weighted by molar-refractivity contribution is 6.09. The molecule has 2 amide bonds. The van der Waals surface area contributed by atoms with E-state index in [0.29, 0.717) is 12.1 Å². The average Bonchev–Trinajstić information content (AvgIpc) is 2.94. The molecule has 1 aromatic heterocycles. The van der Waals surface area contributed by atoms with Crippen LogP contribution in [0.5, 0.6) is 0 Å². The standard InChI is InChI=1S/C14H15FN4O2/c1-3-19-8-9(7-17-19)14(21)18(2)12-10(13(16)20)5-4-6-11(12)15/h4-8H,3H2,1-2H3,(H2,16,20). The zero-order valence-corrected chi connectivity index (χ0v) is 11.7. The molecule has 0 fully saturated rings. The number of rotatable bonds is 4. The van der Waals surface area contributed by atoms with Gasteiger partial charge in [0.15, 0.2) is 0 Å². The van der Waals surface area contributed by atoms with E-state index in [0.717, 1.165) is 4.90 Å². The SMILES string of the molecule is CCn1cc(C(=O)N(C)c2c(F)cccc2C(N)=O)cn1. The number of carbonyl (C=O) groups excluding carboxylic acids is 2. The number of para-hydroxylation sites is 1. The third-order valence-corrected chi connectivity index (χ3v) is 3.10. The van der Waals surface area contributed by atoms with Gasteiger partial charge in [-0.05, 0) is 19.1 Å². The number of nitrogens with zero attached hydrogens (tertiary/aromatic N) is 3. The van der Waals surface area contributed by atoms with Crippen LogP contribution in [0, 0.1) is 5.82 Å². The van der Waals surface area contributed by atoms with Crippen LogP contribution in [0.2, 0.25) is 0 Å². The van der Waals surface area contributed by atoms with Gasteiger partial charge >= 0.3 is 0 Å². The molecule has 0 bridgehead atoms. The predicted octanol–water partition coefficient (Wildman–Crippen LogP) is 1.42. The number of carbonyl (C=O) groups is 2. The Morgan fingerprint density at radius 1 is 1.43 bits per heavy atom. The second kappa shape index (κ2) is 5.74. The van der Waals surface area contributed by atoms with Crippen LogP contribution < -0.4 is 10.6 Å². The molecular formula is C14H15FN4O2. The molecule has 0 aliphatic heterocycles. The first kappa shape index (κ1) is 14.7. The van der Waals surface area contributed by atoms with Gasteiger partial charge in [-0.2, -0.15) is 5.10 Å². The summed E-state index contributed by atoms with van der Waals surface area (Å²) in [5.41, 5.74) is 5.34. The number of hydrogen-bond acceptors (Lipinski definition) is 3. The number of benzene rings is 1. The lowest BCUT2D eigenvalue weighted by atomic mass is 10.1. The number of primary amides is 1. The molecule has 110 valence electrons. The fourth-order valence-corrected chi connectivity index (χ4v) is 2.00. The van der Waals surface area contributed by atoms with Crippen LogP contribution in [0.25, 0.3) is 0 Å². The zero-order valence-electron chi connectivity index (χ0n) is 11.7. The van der Waals surface area contributed by atoms with Gasteiger partial charge < -0.3 is 10.6 Å². The first-order valence-corrected chi connectivity index (χ1v) is 6.34. The average molecular weight is 290 g/mol. The quantitative estimate of drug-likeness (QED) is 0.924. The van der Waals surface area contributed by atoms with E-state index < -0.39 is 17.6 Å². The van der Waals surface area contributed by atoms with Crippen molar-refractivity contribution in [2.45, 2.75) is 13.5 Å². The number of hydrogen-bond donors (Lipinski definition) is 1. The Kier molecular flexibility index (Phi) is 4.02. The molecule has 0 aliphatic carbocycles. The van der Waals surface area contributed by atoms with E-state index in [1.165, 1.54) is 31.4 Å². The van der Waals surface area contributed by atoms with Crippen LogP contribution in [-0.2, 0) is 6.54 Å². The number of nitrogens with two attached hydrogens (primary N) is 1. The first-order valence-electron chi connectivity index (χ1n) is 6.34. The molecule has 0 saturated carbocycles. The monoisotopic (exact) mass is 290 g/mol. The topological polar surface area (TPSA) is 81.2 Å². The Hall–Kier alpha value is -2.70. The normalized spacial score (nSPS) is 10.4. The summed E-state index contributed by atoms with van der Waals surface area (Å²) >= 11 is 0. The summed E-state index contributed by atoms with van der Waals surface area (Å²) < 4.78 is 15.6. The maximum atomic E-state index is 14.0. The molecule has 2 N–H and O–H groups in total. The summed E-state index contributed by atoms with van der Waals surface area (Å²) in [7, 11) is 1.39. The van der Waals surface area contributed by atoms with E-state index in [1.54, 1.807) is 10.9 Å². The van der Waals surface area contributed by atoms with E-state index in [1.807, 2.05) is 6.92 Å². The molecule has 21 heavy (non-hydrogen) atoms. The first-order chi connectivity index (χ1) is 9.95. The molecule has 0 atom stereocenters. The van der Waals surface area contributed by atoms with E-state index in [4.69, 9.17) is 5.73 Å². The van der Waals surface area contributed by atoms with Crippen LogP contribution in [0.4, 0.5) is 10.1 Å². The molecule has 1 aromatic carbocycles. The van der Waals surface area contributed by atoms with E-state index in [9.17, 15) is 14.0 Å². The number of aryl methyl sites for hydroxylation is 1. The highest BCUT2D eigenvalue weighted by Gasteiger charge is 2.23. The van der Waals surface area contributed by atoms with Crippen LogP contribution in [0.15, 0.2) is 30.6 Å². The molecule has 2 rings (SSSR count). The largest absolute Gasteiger partial charge is 0.366 e. The van der Waals surface area contributed by atoms with E-state index in [-0.39, 0.29) is 11.3 Å². The smallest absolute Gasteiger partial charge is 0.261 e. The maximum Gasteiger partial charge on any atom is 0.261 e. The number of halogens is 1. The lowest BCUT2D eigenvalue weighted by Gasteiger charge is -2.19. The molecule has 2 aromatic rings. The van der Waals surface area contributed by atoms with E-state index in [2.05, 4.69) is 5.10 Å². The van der Waals surface area contributed by atoms with Crippen molar-refractivity contribution in [2.75, 3.05) is 11.9 Å². The Labute approximate surface area is 121 Å². The van der Waals surface area contributed by atoms with Gasteiger partial charge in [0.05, 0.1) is 23.0 Å². The molecule has 7 heteroatoms. The highest BCUT2D eigenvalue weighted by atomic mass is 19.1. The summed E-state index contributed by atoms with van der Waals surface area (Å²) in [4.78, 5) is 24.8. The van der Waals surface area contributed by atoms with Gasteiger partial charge in [0.25, 0.3) is 11.8 Å². The van der Waals surface area contributed by atoms with Gasteiger partial charge in [-0.25, -0.2) is 4.39 Å².